The summed E-state index contributed by atoms with van der Waals surface area (Å²) in [4.78, 5) is 4.04. The Labute approximate surface area is 85.9 Å². The molecule has 0 aliphatic rings. The number of hydrogen-bond acceptors (Lipinski definition) is 2. The van der Waals surface area contributed by atoms with Gasteiger partial charge in [-0.3, -0.25) is 4.98 Å². The van der Waals surface area contributed by atoms with E-state index in [4.69, 9.17) is 5.73 Å². The Morgan fingerprint density at radius 2 is 2.43 bits per heavy atom. The van der Waals surface area contributed by atoms with Gasteiger partial charge in [-0.25, -0.2) is 0 Å². The van der Waals surface area contributed by atoms with Gasteiger partial charge in [0, 0.05) is 18.4 Å². The quantitative estimate of drug-likeness (QED) is 0.775. The Hall–Kier alpha value is -1.15. The van der Waals surface area contributed by atoms with Crippen LogP contribution in [0.2, 0.25) is 0 Å². The second kappa shape index (κ2) is 6.33. The molecule has 0 bridgehead atoms. The fourth-order valence-electron chi connectivity index (χ4n) is 1.21. The van der Waals surface area contributed by atoms with Crippen molar-refractivity contribution in [2.75, 3.05) is 0 Å². The highest BCUT2D eigenvalue weighted by Crippen LogP contribution is 2.03. The molecule has 14 heavy (non-hydrogen) atoms. The lowest BCUT2D eigenvalue weighted by Gasteiger charge is -2.04. The molecule has 76 valence electrons. The van der Waals surface area contributed by atoms with Gasteiger partial charge in [0.15, 0.2) is 0 Å². The highest BCUT2D eigenvalue weighted by atomic mass is 14.6. The van der Waals surface area contributed by atoms with Crippen LogP contribution in [0.5, 0.6) is 0 Å². The Bertz CT molecular complexity index is 267. The van der Waals surface area contributed by atoms with E-state index in [1.165, 1.54) is 0 Å². The second-order valence-electron chi connectivity index (χ2n) is 3.43. The van der Waals surface area contributed by atoms with Crippen LogP contribution in [-0.4, -0.2) is 11.0 Å². The van der Waals surface area contributed by atoms with Crippen LogP contribution in [0.1, 0.15) is 31.7 Å². The number of nitrogens with two attached hydrogens (primary N) is 1. The summed E-state index contributed by atoms with van der Waals surface area (Å²) >= 11 is 0. The van der Waals surface area contributed by atoms with Crippen LogP contribution in [0.15, 0.2) is 30.6 Å². The molecule has 0 aliphatic carbocycles. The highest BCUT2D eigenvalue weighted by molar-refractivity contribution is 5.47. The van der Waals surface area contributed by atoms with E-state index >= 15 is 0 Å². The Kier molecular flexibility index (Phi) is 4.94. The van der Waals surface area contributed by atoms with Gasteiger partial charge in [-0.1, -0.05) is 25.1 Å². The van der Waals surface area contributed by atoms with Gasteiger partial charge < -0.3 is 5.73 Å². The average Bonchev–Trinajstić information content (AvgIpc) is 2.25. The lowest BCUT2D eigenvalue weighted by Crippen LogP contribution is -2.17. The third kappa shape index (κ3) is 4.19. The van der Waals surface area contributed by atoms with Crippen molar-refractivity contribution in [1.82, 2.24) is 4.98 Å². The highest BCUT2D eigenvalue weighted by Gasteiger charge is 1.95. The van der Waals surface area contributed by atoms with Gasteiger partial charge in [0.1, 0.15) is 0 Å². The molecule has 0 saturated heterocycles. The summed E-state index contributed by atoms with van der Waals surface area (Å²) in [5.74, 6) is 0. The molecule has 0 aliphatic heterocycles. The van der Waals surface area contributed by atoms with Crippen molar-refractivity contribution in [3.63, 3.8) is 0 Å². The molecule has 0 amide bonds. The monoisotopic (exact) mass is 190 g/mol. The van der Waals surface area contributed by atoms with Gasteiger partial charge in [0.05, 0.1) is 0 Å². The summed E-state index contributed by atoms with van der Waals surface area (Å²) < 4.78 is 0. The van der Waals surface area contributed by atoms with E-state index in [1.54, 1.807) is 6.20 Å². The molecule has 0 radical (unpaired) electrons. The number of hydrogen-bond donors (Lipinski definition) is 1. The molecule has 2 N–H and O–H groups in total. The van der Waals surface area contributed by atoms with Crippen LogP contribution in [0.4, 0.5) is 0 Å². The fraction of sp³-hybridized carbons (Fsp3) is 0.417. The minimum Gasteiger partial charge on any atom is -0.328 e. The SMILES string of the molecule is CCC(N)CCC=Cc1cccnc1. The van der Waals surface area contributed by atoms with Gasteiger partial charge in [-0.05, 0) is 30.9 Å². The van der Waals surface area contributed by atoms with Gasteiger partial charge in [-0.15, -0.1) is 0 Å². The molecule has 1 heterocycles. The number of pyridine rings is 1. The van der Waals surface area contributed by atoms with E-state index in [2.05, 4.69) is 24.1 Å². The topological polar surface area (TPSA) is 38.9 Å². The molecule has 0 spiro atoms. The van der Waals surface area contributed by atoms with Crippen molar-refractivity contribution < 1.29 is 0 Å². The largest absolute Gasteiger partial charge is 0.328 e. The first-order chi connectivity index (χ1) is 6.83. The van der Waals surface area contributed by atoms with Crippen LogP contribution < -0.4 is 5.73 Å². The second-order valence-corrected chi connectivity index (χ2v) is 3.43. The number of allylic oxidation sites excluding steroid dienone is 1. The summed E-state index contributed by atoms with van der Waals surface area (Å²) in [6, 6.07) is 4.33. The Morgan fingerprint density at radius 3 is 3.07 bits per heavy atom. The summed E-state index contributed by atoms with van der Waals surface area (Å²) in [5, 5.41) is 0. The minimum absolute atomic E-state index is 0.341. The zero-order chi connectivity index (χ0) is 10.2. The maximum Gasteiger partial charge on any atom is 0.0340 e. The third-order valence-corrected chi connectivity index (χ3v) is 2.22. The Balaban J connectivity index is 2.28. The smallest absolute Gasteiger partial charge is 0.0340 e. The molecule has 1 atom stereocenters. The molecule has 2 heteroatoms. The Morgan fingerprint density at radius 1 is 1.57 bits per heavy atom. The molecular weight excluding hydrogens is 172 g/mol. The summed E-state index contributed by atoms with van der Waals surface area (Å²) in [5.41, 5.74) is 6.96. The van der Waals surface area contributed by atoms with Crippen molar-refractivity contribution in [3.8, 4) is 0 Å². The molecular formula is C12H18N2. The van der Waals surface area contributed by atoms with Crippen LogP contribution in [-0.2, 0) is 0 Å². The first-order valence-electron chi connectivity index (χ1n) is 5.15. The summed E-state index contributed by atoms with van der Waals surface area (Å²) in [6.45, 7) is 2.12. The standard InChI is InChI=1S/C12H18N2/c1-2-12(13)8-4-3-6-11-7-5-9-14-10-11/h3,5-7,9-10,12H,2,4,8,13H2,1H3. The van der Waals surface area contributed by atoms with E-state index in [9.17, 15) is 0 Å². The van der Waals surface area contributed by atoms with E-state index in [1.807, 2.05) is 18.3 Å². The summed E-state index contributed by atoms with van der Waals surface area (Å²) in [6.07, 6.45) is 11.1. The van der Waals surface area contributed by atoms with Crippen LogP contribution in [0.25, 0.3) is 6.08 Å². The van der Waals surface area contributed by atoms with Gasteiger partial charge in [0.2, 0.25) is 0 Å². The maximum atomic E-state index is 5.81. The minimum atomic E-state index is 0.341. The predicted molar refractivity (Wildman–Crippen MR) is 60.8 cm³/mol. The van der Waals surface area contributed by atoms with E-state index in [0.717, 1.165) is 24.8 Å². The number of rotatable bonds is 5. The molecule has 1 rings (SSSR count). The average molecular weight is 190 g/mol. The van der Waals surface area contributed by atoms with Crippen molar-refractivity contribution in [3.05, 3.63) is 36.2 Å². The number of nitrogens with zero attached hydrogens (tertiary/aromatic N) is 1. The molecule has 1 aromatic heterocycles. The van der Waals surface area contributed by atoms with Crippen LogP contribution in [0, 0.1) is 0 Å². The zero-order valence-corrected chi connectivity index (χ0v) is 8.69. The molecule has 1 aromatic rings. The predicted octanol–water partition coefficient (Wildman–Crippen LogP) is 2.61. The van der Waals surface area contributed by atoms with E-state index in [-0.39, 0.29) is 0 Å². The lowest BCUT2D eigenvalue weighted by atomic mass is 10.1. The molecule has 0 saturated carbocycles. The number of aromatic nitrogens is 1. The van der Waals surface area contributed by atoms with E-state index in [0.29, 0.717) is 6.04 Å². The van der Waals surface area contributed by atoms with Crippen LogP contribution >= 0.6 is 0 Å². The fourth-order valence-corrected chi connectivity index (χ4v) is 1.21. The molecule has 1 unspecified atom stereocenters. The molecule has 0 fully saturated rings. The zero-order valence-electron chi connectivity index (χ0n) is 8.69. The molecule has 2 nitrogen and oxygen atoms in total. The summed E-state index contributed by atoms with van der Waals surface area (Å²) in [7, 11) is 0. The lowest BCUT2D eigenvalue weighted by molar-refractivity contribution is 0.603. The third-order valence-electron chi connectivity index (χ3n) is 2.22. The van der Waals surface area contributed by atoms with Gasteiger partial charge in [0.25, 0.3) is 0 Å². The normalized spacial score (nSPS) is 13.3. The van der Waals surface area contributed by atoms with Gasteiger partial charge >= 0.3 is 0 Å². The van der Waals surface area contributed by atoms with Crippen molar-refractivity contribution in [2.45, 2.75) is 32.2 Å². The van der Waals surface area contributed by atoms with Crippen molar-refractivity contribution in [1.29, 1.82) is 0 Å². The van der Waals surface area contributed by atoms with Gasteiger partial charge in [-0.2, -0.15) is 0 Å². The van der Waals surface area contributed by atoms with Crippen molar-refractivity contribution >= 4 is 6.08 Å². The first kappa shape index (κ1) is 10.9. The maximum absolute atomic E-state index is 5.81. The first-order valence-corrected chi connectivity index (χ1v) is 5.15. The van der Waals surface area contributed by atoms with Crippen molar-refractivity contribution in [2.24, 2.45) is 5.73 Å². The van der Waals surface area contributed by atoms with Crippen LogP contribution in [0.3, 0.4) is 0 Å². The van der Waals surface area contributed by atoms with E-state index < -0.39 is 0 Å². The molecule has 0 aromatic carbocycles.